The van der Waals surface area contributed by atoms with E-state index in [1.807, 2.05) is 30.3 Å². The number of aromatic hydroxyl groups is 1. The van der Waals surface area contributed by atoms with Gasteiger partial charge in [0.25, 0.3) is 5.91 Å². The Labute approximate surface area is 122 Å². The first-order valence-corrected chi connectivity index (χ1v) is 6.49. The molecule has 0 saturated carbocycles. The summed E-state index contributed by atoms with van der Waals surface area (Å²) in [5.74, 6) is -0.148. The number of methoxy groups -OCH3 is 1. The molecule has 2 aromatic carbocycles. The van der Waals surface area contributed by atoms with Gasteiger partial charge in [-0.25, -0.2) is 0 Å². The highest BCUT2D eigenvalue weighted by atomic mass is 16.5. The number of hydrogen-bond donors (Lipinski definition) is 3. The van der Waals surface area contributed by atoms with E-state index in [2.05, 4.69) is 5.32 Å². The highest BCUT2D eigenvalue weighted by molar-refractivity contribution is 5.97. The van der Waals surface area contributed by atoms with Crippen molar-refractivity contribution in [2.45, 2.75) is 6.04 Å². The fourth-order valence-corrected chi connectivity index (χ4v) is 1.98. The molecule has 0 unspecified atom stereocenters. The van der Waals surface area contributed by atoms with Crippen molar-refractivity contribution < 1.29 is 19.7 Å². The molecule has 0 heterocycles. The van der Waals surface area contributed by atoms with Crippen molar-refractivity contribution >= 4 is 5.91 Å². The third-order valence-corrected chi connectivity index (χ3v) is 3.14. The van der Waals surface area contributed by atoms with E-state index >= 15 is 0 Å². The van der Waals surface area contributed by atoms with Gasteiger partial charge in [-0.05, 0) is 23.8 Å². The number of ether oxygens (including phenoxy) is 1. The van der Waals surface area contributed by atoms with Crippen LogP contribution in [0.2, 0.25) is 0 Å². The second-order valence-corrected chi connectivity index (χ2v) is 4.50. The molecule has 0 aromatic heterocycles. The fourth-order valence-electron chi connectivity index (χ4n) is 1.98. The maximum Gasteiger partial charge on any atom is 0.255 e. The molecule has 0 spiro atoms. The van der Waals surface area contributed by atoms with Gasteiger partial charge in [0.15, 0.2) is 0 Å². The molecule has 1 amide bonds. The SMILES string of the molecule is COc1ccc(O)c(C(=O)N[C@H](CO)c2ccccc2)c1. The van der Waals surface area contributed by atoms with E-state index in [9.17, 15) is 15.0 Å². The van der Waals surface area contributed by atoms with Crippen molar-refractivity contribution in [3.05, 3.63) is 59.7 Å². The minimum Gasteiger partial charge on any atom is -0.507 e. The number of phenols is 1. The molecule has 1 atom stereocenters. The van der Waals surface area contributed by atoms with Crippen LogP contribution in [0.5, 0.6) is 11.5 Å². The highest BCUT2D eigenvalue weighted by Gasteiger charge is 2.17. The second kappa shape index (κ2) is 6.76. The summed E-state index contributed by atoms with van der Waals surface area (Å²) in [6, 6.07) is 13.0. The monoisotopic (exact) mass is 287 g/mol. The van der Waals surface area contributed by atoms with Gasteiger partial charge in [0.05, 0.1) is 25.3 Å². The van der Waals surface area contributed by atoms with E-state index in [-0.39, 0.29) is 17.9 Å². The molecule has 0 bridgehead atoms. The summed E-state index contributed by atoms with van der Waals surface area (Å²) in [7, 11) is 1.48. The number of amides is 1. The van der Waals surface area contributed by atoms with Gasteiger partial charge in [-0.1, -0.05) is 30.3 Å². The Morgan fingerprint density at radius 1 is 1.24 bits per heavy atom. The Balaban J connectivity index is 2.20. The summed E-state index contributed by atoms with van der Waals surface area (Å²) in [5, 5.41) is 21.9. The molecule has 0 radical (unpaired) electrons. The van der Waals surface area contributed by atoms with Gasteiger partial charge in [0.2, 0.25) is 0 Å². The molecule has 110 valence electrons. The Kier molecular flexibility index (Phi) is 4.79. The van der Waals surface area contributed by atoms with Crippen LogP contribution in [0.1, 0.15) is 22.0 Å². The van der Waals surface area contributed by atoms with Gasteiger partial charge in [0, 0.05) is 0 Å². The molecule has 2 rings (SSSR count). The molecule has 5 nitrogen and oxygen atoms in total. The lowest BCUT2D eigenvalue weighted by Crippen LogP contribution is -2.30. The van der Waals surface area contributed by atoms with Gasteiger partial charge in [-0.2, -0.15) is 0 Å². The lowest BCUT2D eigenvalue weighted by Gasteiger charge is -2.17. The van der Waals surface area contributed by atoms with E-state index in [1.165, 1.54) is 19.2 Å². The zero-order valence-corrected chi connectivity index (χ0v) is 11.6. The fraction of sp³-hybridized carbons (Fsp3) is 0.188. The third kappa shape index (κ3) is 3.52. The maximum absolute atomic E-state index is 12.2. The molecule has 2 aromatic rings. The minimum atomic E-state index is -0.538. The van der Waals surface area contributed by atoms with Crippen molar-refractivity contribution in [1.82, 2.24) is 5.32 Å². The van der Waals surface area contributed by atoms with Gasteiger partial charge < -0.3 is 20.3 Å². The normalized spacial score (nSPS) is 11.7. The number of carbonyl (C=O) groups excluding carboxylic acids is 1. The van der Waals surface area contributed by atoms with Crippen LogP contribution < -0.4 is 10.1 Å². The van der Waals surface area contributed by atoms with Gasteiger partial charge in [0.1, 0.15) is 11.5 Å². The molecule has 21 heavy (non-hydrogen) atoms. The average Bonchev–Trinajstić information content (AvgIpc) is 2.53. The van der Waals surface area contributed by atoms with Crippen LogP contribution in [0.4, 0.5) is 0 Å². The molecule has 0 saturated heterocycles. The Morgan fingerprint density at radius 2 is 1.95 bits per heavy atom. The second-order valence-electron chi connectivity index (χ2n) is 4.50. The molecule has 5 heteroatoms. The largest absolute Gasteiger partial charge is 0.507 e. The average molecular weight is 287 g/mol. The first-order chi connectivity index (χ1) is 10.2. The summed E-state index contributed by atoms with van der Waals surface area (Å²) < 4.78 is 5.04. The predicted octanol–water partition coefficient (Wildman–Crippen LogP) is 1.86. The topological polar surface area (TPSA) is 78.8 Å². The Hall–Kier alpha value is -2.53. The number of hydrogen-bond acceptors (Lipinski definition) is 4. The standard InChI is InChI=1S/C16H17NO4/c1-21-12-7-8-15(19)13(9-12)16(20)17-14(10-18)11-5-3-2-4-6-11/h2-9,14,18-19H,10H2,1H3,(H,17,20)/t14-/m1/s1. The van der Waals surface area contributed by atoms with Crippen LogP contribution in [0.3, 0.4) is 0 Å². The van der Waals surface area contributed by atoms with E-state index in [0.29, 0.717) is 5.75 Å². The Bertz CT molecular complexity index is 613. The number of benzene rings is 2. The van der Waals surface area contributed by atoms with Crippen LogP contribution in [-0.4, -0.2) is 29.8 Å². The molecular formula is C16H17NO4. The Morgan fingerprint density at radius 3 is 2.57 bits per heavy atom. The zero-order valence-electron chi connectivity index (χ0n) is 11.6. The van der Waals surface area contributed by atoms with Crippen molar-refractivity contribution in [1.29, 1.82) is 0 Å². The first-order valence-electron chi connectivity index (χ1n) is 6.49. The lowest BCUT2D eigenvalue weighted by molar-refractivity contribution is 0.0913. The number of phenolic OH excluding ortho intramolecular Hbond substituents is 1. The molecule has 0 fully saturated rings. The number of nitrogens with one attached hydrogen (secondary N) is 1. The lowest BCUT2D eigenvalue weighted by atomic mass is 10.1. The van der Waals surface area contributed by atoms with E-state index in [4.69, 9.17) is 4.74 Å². The predicted molar refractivity (Wildman–Crippen MR) is 78.4 cm³/mol. The van der Waals surface area contributed by atoms with Crippen molar-refractivity contribution in [2.24, 2.45) is 0 Å². The molecule has 3 N–H and O–H groups in total. The summed E-state index contributed by atoms with van der Waals surface area (Å²) in [6.07, 6.45) is 0. The number of aliphatic hydroxyl groups excluding tert-OH is 1. The van der Waals surface area contributed by atoms with E-state index in [1.54, 1.807) is 6.07 Å². The van der Waals surface area contributed by atoms with Gasteiger partial charge >= 0.3 is 0 Å². The van der Waals surface area contributed by atoms with Crippen LogP contribution in [0.15, 0.2) is 48.5 Å². The molecular weight excluding hydrogens is 270 g/mol. The smallest absolute Gasteiger partial charge is 0.255 e. The van der Waals surface area contributed by atoms with Gasteiger partial charge in [-0.15, -0.1) is 0 Å². The molecule has 0 aliphatic rings. The summed E-state index contributed by atoms with van der Waals surface area (Å²) in [6.45, 7) is -0.236. The van der Waals surface area contributed by atoms with Gasteiger partial charge in [-0.3, -0.25) is 4.79 Å². The highest BCUT2D eigenvalue weighted by Crippen LogP contribution is 2.23. The van der Waals surface area contributed by atoms with E-state index in [0.717, 1.165) is 5.56 Å². The zero-order chi connectivity index (χ0) is 15.2. The summed E-state index contributed by atoms with van der Waals surface area (Å²) in [4.78, 5) is 12.2. The van der Waals surface area contributed by atoms with Crippen molar-refractivity contribution in [3.8, 4) is 11.5 Å². The van der Waals surface area contributed by atoms with Crippen LogP contribution in [-0.2, 0) is 0 Å². The molecule has 0 aliphatic carbocycles. The maximum atomic E-state index is 12.2. The van der Waals surface area contributed by atoms with E-state index < -0.39 is 11.9 Å². The first kappa shape index (κ1) is 14.9. The summed E-state index contributed by atoms with van der Waals surface area (Å²) in [5.41, 5.74) is 0.888. The van der Waals surface area contributed by atoms with Crippen LogP contribution in [0, 0.1) is 0 Å². The van der Waals surface area contributed by atoms with Crippen LogP contribution >= 0.6 is 0 Å². The number of rotatable bonds is 5. The van der Waals surface area contributed by atoms with Crippen molar-refractivity contribution in [2.75, 3.05) is 13.7 Å². The summed E-state index contributed by atoms with van der Waals surface area (Å²) >= 11 is 0. The number of aliphatic hydroxyl groups is 1. The number of carbonyl (C=O) groups is 1. The quantitative estimate of drug-likeness (QED) is 0.784. The van der Waals surface area contributed by atoms with Crippen LogP contribution in [0.25, 0.3) is 0 Å². The minimum absolute atomic E-state index is 0.101. The molecule has 0 aliphatic heterocycles. The third-order valence-electron chi connectivity index (χ3n) is 3.14. The van der Waals surface area contributed by atoms with Crippen molar-refractivity contribution in [3.63, 3.8) is 0 Å².